The molecule has 0 saturated carbocycles. The van der Waals surface area contributed by atoms with Crippen LogP contribution in [0.3, 0.4) is 0 Å². The zero-order valence-corrected chi connectivity index (χ0v) is 24.1. The van der Waals surface area contributed by atoms with Crippen LogP contribution < -0.4 is 0 Å². The monoisotopic (exact) mass is 564 g/mol. The van der Waals surface area contributed by atoms with Crippen molar-refractivity contribution in [3.63, 3.8) is 0 Å². The maximum atomic E-state index is 14.7. The largest absolute Gasteiger partial charge is 0.394 e. The first-order valence-corrected chi connectivity index (χ1v) is 14.3. The molecule has 1 aromatic carbocycles. The van der Waals surface area contributed by atoms with Crippen molar-refractivity contribution in [2.24, 2.45) is 17.8 Å². The normalized spacial score (nSPS) is 27.3. The van der Waals surface area contributed by atoms with E-state index < -0.39 is 35.6 Å². The first kappa shape index (κ1) is 28.9. The Bertz CT molecular complexity index is 1340. The van der Waals surface area contributed by atoms with E-state index in [9.17, 15) is 19.5 Å². The van der Waals surface area contributed by atoms with Crippen molar-refractivity contribution in [1.29, 1.82) is 0 Å². The standard InChI is InChI=1S/C30H40N6O5/c1-6-14-33(5)27(38)24-23-12-13-30(41-23)25(24)28(39)36(20(17-37)16-19(3)4)26(30)29(40)34(15-7-2)18-35-22-11-9-8-10-21(22)31-32-35/h6-11,19-20,23-26,37H,1-2,12-18H2,3-5H3/t20-,23-,24+,25+,26?,30?/m1/s1. The molecule has 6 atom stereocenters. The summed E-state index contributed by atoms with van der Waals surface area (Å²) in [5, 5.41) is 19.0. The Morgan fingerprint density at radius 1 is 1.22 bits per heavy atom. The van der Waals surface area contributed by atoms with Crippen LogP contribution in [0.5, 0.6) is 0 Å². The van der Waals surface area contributed by atoms with Crippen LogP contribution >= 0.6 is 0 Å². The van der Waals surface area contributed by atoms with Gasteiger partial charge in [-0.15, -0.1) is 18.3 Å². The highest BCUT2D eigenvalue weighted by Crippen LogP contribution is 2.59. The van der Waals surface area contributed by atoms with Crippen molar-refractivity contribution in [2.45, 2.75) is 63.6 Å². The third-order valence-corrected chi connectivity index (χ3v) is 8.77. The number of hydrogen-bond acceptors (Lipinski definition) is 7. The molecule has 1 aromatic heterocycles. The van der Waals surface area contributed by atoms with Gasteiger partial charge in [-0.1, -0.05) is 43.3 Å². The van der Waals surface area contributed by atoms with Gasteiger partial charge in [0.05, 0.1) is 36.1 Å². The molecule has 3 saturated heterocycles. The highest BCUT2D eigenvalue weighted by atomic mass is 16.5. The lowest BCUT2D eigenvalue weighted by atomic mass is 9.70. The topological polar surface area (TPSA) is 121 Å². The minimum atomic E-state index is -1.16. The van der Waals surface area contributed by atoms with E-state index in [-0.39, 0.29) is 43.5 Å². The van der Waals surface area contributed by atoms with Crippen LogP contribution in [0.1, 0.15) is 33.1 Å². The molecule has 3 aliphatic rings. The van der Waals surface area contributed by atoms with Gasteiger partial charge < -0.3 is 24.5 Å². The number of benzene rings is 1. The third-order valence-electron chi connectivity index (χ3n) is 8.77. The molecular formula is C30H40N6O5. The Balaban J connectivity index is 1.56. The third kappa shape index (κ3) is 4.74. The molecule has 2 aromatic rings. The zero-order valence-electron chi connectivity index (χ0n) is 24.1. The Morgan fingerprint density at radius 3 is 2.63 bits per heavy atom. The van der Waals surface area contributed by atoms with Crippen molar-refractivity contribution in [2.75, 3.05) is 26.7 Å². The molecule has 1 N–H and O–H groups in total. The molecule has 1 spiro atoms. The van der Waals surface area contributed by atoms with E-state index in [2.05, 4.69) is 23.5 Å². The van der Waals surface area contributed by atoms with Gasteiger partial charge in [0.2, 0.25) is 17.7 Å². The molecular weight excluding hydrogens is 524 g/mol. The Morgan fingerprint density at radius 2 is 1.95 bits per heavy atom. The van der Waals surface area contributed by atoms with Gasteiger partial charge in [0.1, 0.15) is 23.8 Å². The van der Waals surface area contributed by atoms with Crippen molar-refractivity contribution < 1.29 is 24.2 Å². The summed E-state index contributed by atoms with van der Waals surface area (Å²) >= 11 is 0. The SMILES string of the molecule is C=CCN(C)C(=O)[C@@H]1[C@H]2C(=O)N([C@@H](CO)CC(C)C)C(C(=O)N(CC=C)Cn3nnc4ccccc43)C23CC[C@H]1O3. The van der Waals surface area contributed by atoms with E-state index in [4.69, 9.17) is 4.74 Å². The highest BCUT2D eigenvalue weighted by molar-refractivity contribution is 5.99. The van der Waals surface area contributed by atoms with Gasteiger partial charge in [0, 0.05) is 20.1 Å². The van der Waals surface area contributed by atoms with Crippen molar-refractivity contribution in [3.05, 3.63) is 49.6 Å². The van der Waals surface area contributed by atoms with Crippen molar-refractivity contribution >= 4 is 28.8 Å². The Labute approximate surface area is 240 Å². The lowest BCUT2D eigenvalue weighted by molar-refractivity contribution is -0.153. The van der Waals surface area contributed by atoms with Gasteiger partial charge in [-0.05, 0) is 37.3 Å². The fourth-order valence-electron chi connectivity index (χ4n) is 7.13. The minimum absolute atomic E-state index is 0.0898. The van der Waals surface area contributed by atoms with E-state index >= 15 is 0 Å². The molecule has 2 bridgehead atoms. The molecule has 41 heavy (non-hydrogen) atoms. The van der Waals surface area contributed by atoms with Crippen LogP contribution in [0.2, 0.25) is 0 Å². The molecule has 11 nitrogen and oxygen atoms in total. The highest BCUT2D eigenvalue weighted by Gasteiger charge is 2.75. The van der Waals surface area contributed by atoms with Gasteiger partial charge in [-0.25, -0.2) is 4.68 Å². The number of nitrogens with zero attached hydrogens (tertiary/aromatic N) is 6. The van der Waals surface area contributed by atoms with E-state index in [0.29, 0.717) is 31.3 Å². The fourth-order valence-corrected chi connectivity index (χ4v) is 7.13. The molecule has 2 unspecified atom stereocenters. The summed E-state index contributed by atoms with van der Waals surface area (Å²) in [6.07, 6.45) is 4.37. The van der Waals surface area contributed by atoms with E-state index in [0.717, 1.165) is 5.52 Å². The van der Waals surface area contributed by atoms with Crippen molar-refractivity contribution in [1.82, 2.24) is 29.7 Å². The van der Waals surface area contributed by atoms with Crippen LogP contribution in [-0.2, 0) is 25.8 Å². The average Bonchev–Trinajstić information content (AvgIpc) is 3.70. The minimum Gasteiger partial charge on any atom is -0.394 e. The molecule has 11 heteroatoms. The summed E-state index contributed by atoms with van der Waals surface area (Å²) in [5.41, 5.74) is 0.309. The molecule has 0 radical (unpaired) electrons. The average molecular weight is 565 g/mol. The predicted octanol–water partition coefficient (Wildman–Crippen LogP) is 1.83. The number of carbonyl (C=O) groups is 3. The smallest absolute Gasteiger partial charge is 0.250 e. The summed E-state index contributed by atoms with van der Waals surface area (Å²) < 4.78 is 8.24. The van der Waals surface area contributed by atoms with Crippen LogP contribution in [0.4, 0.5) is 0 Å². The second kappa shape index (κ2) is 11.4. The molecule has 5 rings (SSSR count). The summed E-state index contributed by atoms with van der Waals surface area (Å²) in [5.74, 6) is -2.17. The number of likely N-dealkylation sites (tertiary alicyclic amines) is 1. The molecule has 3 amide bonds. The second-order valence-electron chi connectivity index (χ2n) is 11.8. The number of ether oxygens (including phenoxy) is 1. The lowest BCUT2D eigenvalue weighted by Gasteiger charge is -2.39. The summed E-state index contributed by atoms with van der Waals surface area (Å²) in [6, 6.07) is 5.89. The number of aromatic nitrogens is 3. The first-order chi connectivity index (χ1) is 19.7. The number of hydrogen-bond donors (Lipinski definition) is 1. The number of rotatable bonds is 12. The van der Waals surface area contributed by atoms with Crippen molar-refractivity contribution in [3.8, 4) is 0 Å². The number of aliphatic hydroxyl groups is 1. The zero-order chi connectivity index (χ0) is 29.5. The van der Waals surface area contributed by atoms with E-state index in [1.165, 1.54) is 4.90 Å². The Kier molecular flexibility index (Phi) is 8.02. The summed E-state index contributed by atoms with van der Waals surface area (Å²) in [7, 11) is 1.69. The van der Waals surface area contributed by atoms with Gasteiger partial charge in [0.25, 0.3) is 0 Å². The number of para-hydroxylation sites is 1. The summed E-state index contributed by atoms with van der Waals surface area (Å²) in [4.78, 5) is 47.3. The Hall–Kier alpha value is -3.57. The van der Waals surface area contributed by atoms with Crippen LogP contribution in [0.25, 0.3) is 11.0 Å². The number of carbonyl (C=O) groups excluding carboxylic acids is 3. The molecule has 0 aliphatic carbocycles. The number of fused-ring (bicyclic) bond motifs is 2. The quantitative estimate of drug-likeness (QED) is 0.391. The molecule has 4 heterocycles. The molecule has 220 valence electrons. The number of amides is 3. The summed E-state index contributed by atoms with van der Waals surface area (Å²) in [6.45, 7) is 12.0. The number of aliphatic hydroxyl groups excluding tert-OH is 1. The van der Waals surface area contributed by atoms with Crippen LogP contribution in [0.15, 0.2) is 49.6 Å². The maximum Gasteiger partial charge on any atom is 0.250 e. The first-order valence-electron chi connectivity index (χ1n) is 14.3. The molecule has 3 aliphatic heterocycles. The van der Waals surface area contributed by atoms with Gasteiger partial charge in [-0.2, -0.15) is 0 Å². The number of likely N-dealkylation sites (N-methyl/N-ethyl adjacent to an activating group) is 1. The van der Waals surface area contributed by atoms with Crippen LogP contribution in [0, 0.1) is 17.8 Å². The van der Waals surface area contributed by atoms with E-state index in [1.807, 2.05) is 38.1 Å². The second-order valence-corrected chi connectivity index (χ2v) is 11.8. The van der Waals surface area contributed by atoms with Gasteiger partial charge >= 0.3 is 0 Å². The lowest BCUT2D eigenvalue weighted by Crippen LogP contribution is -2.59. The fraction of sp³-hybridized carbons (Fsp3) is 0.567. The molecule has 3 fully saturated rings. The van der Waals surface area contributed by atoms with Gasteiger partial charge in [0.15, 0.2) is 0 Å². The van der Waals surface area contributed by atoms with E-state index in [1.54, 1.807) is 33.7 Å². The maximum absolute atomic E-state index is 14.7. The van der Waals surface area contributed by atoms with Gasteiger partial charge in [-0.3, -0.25) is 14.4 Å². The van der Waals surface area contributed by atoms with Crippen LogP contribution in [-0.4, -0.2) is 103 Å². The predicted molar refractivity (Wildman–Crippen MR) is 152 cm³/mol.